The van der Waals surface area contributed by atoms with Crippen molar-refractivity contribution < 1.29 is 36.2 Å². The van der Waals surface area contributed by atoms with Gasteiger partial charge in [0.25, 0.3) is 0 Å². The number of ether oxygens (including phenoxy) is 1. The highest BCUT2D eigenvalue weighted by Gasteiger charge is 2.31. The van der Waals surface area contributed by atoms with Crippen LogP contribution in [0, 0.1) is 6.92 Å². The molecule has 2 N–H and O–H groups in total. The summed E-state index contributed by atoms with van der Waals surface area (Å²) in [6.07, 6.45) is -3.84. The normalized spacial score (nSPS) is 12.0. The van der Waals surface area contributed by atoms with Gasteiger partial charge in [0.15, 0.2) is 0 Å². The number of benzene rings is 2. The lowest BCUT2D eigenvalue weighted by molar-refractivity contribution is -0.274. The smallest absolute Gasteiger partial charge is 0.478 e. The van der Waals surface area contributed by atoms with Crippen LogP contribution < -0.4 is 9.46 Å². The van der Waals surface area contributed by atoms with Crippen molar-refractivity contribution >= 4 is 27.3 Å². The number of carbonyl (C=O) groups is 1. The summed E-state index contributed by atoms with van der Waals surface area (Å²) in [7, 11) is -3.87. The van der Waals surface area contributed by atoms with E-state index >= 15 is 0 Å². The molecule has 0 unspecified atom stereocenters. The first-order valence-corrected chi connectivity index (χ1v) is 11.9. The second kappa shape index (κ2) is 9.89. The molecule has 0 spiro atoms. The van der Waals surface area contributed by atoms with Gasteiger partial charge in [-0.2, -0.15) is 0 Å². The average Bonchev–Trinajstić information content (AvgIpc) is 3.19. The second-order valence-corrected chi connectivity index (χ2v) is 9.62. The molecule has 0 radical (unpaired) electrons. The highest BCUT2D eigenvalue weighted by Crippen LogP contribution is 2.28. The van der Waals surface area contributed by atoms with Gasteiger partial charge in [-0.3, -0.25) is 0 Å². The van der Waals surface area contributed by atoms with Gasteiger partial charge in [0.05, 0.1) is 16.2 Å². The van der Waals surface area contributed by atoms with E-state index in [1.165, 1.54) is 47.7 Å². The number of alkyl halides is 3. The molecule has 0 fully saturated rings. The van der Waals surface area contributed by atoms with Gasteiger partial charge in [0.2, 0.25) is 10.0 Å². The van der Waals surface area contributed by atoms with Gasteiger partial charge < -0.3 is 9.84 Å². The van der Waals surface area contributed by atoms with Crippen molar-refractivity contribution in [2.75, 3.05) is 6.54 Å². The Morgan fingerprint density at radius 1 is 1.18 bits per heavy atom. The van der Waals surface area contributed by atoms with E-state index in [-0.39, 0.29) is 22.8 Å². The molecule has 0 saturated carbocycles. The number of hydrogen-bond acceptors (Lipinski definition) is 6. The van der Waals surface area contributed by atoms with Crippen molar-refractivity contribution in [3.63, 3.8) is 0 Å². The van der Waals surface area contributed by atoms with E-state index in [1.807, 2.05) is 0 Å². The number of nitrogens with one attached hydrogen (secondary N) is 1. The van der Waals surface area contributed by atoms with E-state index in [2.05, 4.69) is 14.4 Å². The molecule has 0 saturated heterocycles. The molecule has 0 atom stereocenters. The molecule has 0 aliphatic carbocycles. The number of carboxylic acids is 1. The van der Waals surface area contributed by atoms with Gasteiger partial charge in [0.1, 0.15) is 10.8 Å². The van der Waals surface area contributed by atoms with E-state index in [4.69, 9.17) is 5.11 Å². The van der Waals surface area contributed by atoms with Crippen molar-refractivity contribution in [3.05, 3.63) is 64.7 Å². The van der Waals surface area contributed by atoms with Crippen LogP contribution in [0.15, 0.2) is 52.7 Å². The molecule has 0 amide bonds. The van der Waals surface area contributed by atoms with Crippen LogP contribution in [-0.4, -0.2) is 37.4 Å². The Morgan fingerprint density at radius 2 is 1.88 bits per heavy atom. The molecule has 0 aliphatic heterocycles. The minimum Gasteiger partial charge on any atom is -0.478 e. The van der Waals surface area contributed by atoms with Crippen molar-refractivity contribution in [2.24, 2.45) is 0 Å². The van der Waals surface area contributed by atoms with Gasteiger partial charge in [-0.05, 0) is 61.7 Å². The molecular formula is C21H19F3N2O5S2. The number of aromatic carboxylic acids is 1. The molecule has 3 rings (SSSR count). The third-order valence-electron chi connectivity index (χ3n) is 4.54. The van der Waals surface area contributed by atoms with Crippen LogP contribution in [0.2, 0.25) is 0 Å². The van der Waals surface area contributed by atoms with Gasteiger partial charge in [0, 0.05) is 17.5 Å². The summed E-state index contributed by atoms with van der Waals surface area (Å²) in [5, 5.41) is 11.6. The number of aromatic nitrogens is 1. The molecule has 33 heavy (non-hydrogen) atoms. The molecule has 0 bridgehead atoms. The molecular weight excluding hydrogens is 481 g/mol. The van der Waals surface area contributed by atoms with Crippen molar-refractivity contribution in [2.45, 2.75) is 31.0 Å². The molecule has 1 aromatic heterocycles. The molecule has 7 nitrogen and oxygen atoms in total. The summed E-state index contributed by atoms with van der Waals surface area (Å²) in [5.41, 5.74) is 1.73. The Balaban J connectivity index is 1.55. The average molecular weight is 501 g/mol. The quantitative estimate of drug-likeness (QED) is 0.415. The first kappa shape index (κ1) is 24.7. The molecule has 3 aromatic rings. The zero-order valence-corrected chi connectivity index (χ0v) is 18.9. The highest BCUT2D eigenvalue weighted by molar-refractivity contribution is 7.89. The molecule has 176 valence electrons. The third-order valence-corrected chi connectivity index (χ3v) is 6.94. The van der Waals surface area contributed by atoms with Crippen LogP contribution in [0.25, 0.3) is 10.6 Å². The zero-order valence-electron chi connectivity index (χ0n) is 17.2. The summed E-state index contributed by atoms with van der Waals surface area (Å²) >= 11 is 1.32. The summed E-state index contributed by atoms with van der Waals surface area (Å²) in [6, 6.07) is 9.28. The second-order valence-electron chi connectivity index (χ2n) is 7.00. The topological polar surface area (TPSA) is 106 Å². The Bertz CT molecular complexity index is 1240. The van der Waals surface area contributed by atoms with Gasteiger partial charge in [-0.15, -0.1) is 24.5 Å². The number of carboxylic acid groups (broad SMARTS) is 1. The fourth-order valence-electron chi connectivity index (χ4n) is 2.91. The van der Waals surface area contributed by atoms with Crippen LogP contribution >= 0.6 is 11.3 Å². The maximum Gasteiger partial charge on any atom is 0.573 e. The van der Waals surface area contributed by atoms with Gasteiger partial charge in [-0.25, -0.2) is 22.9 Å². The summed E-state index contributed by atoms with van der Waals surface area (Å²) in [5.74, 6) is -1.52. The van der Waals surface area contributed by atoms with Crippen LogP contribution in [0.5, 0.6) is 5.75 Å². The number of nitrogens with zero attached hydrogens (tertiary/aromatic N) is 1. The number of rotatable bonds is 9. The monoisotopic (exact) mass is 500 g/mol. The maximum absolute atomic E-state index is 12.4. The first-order chi connectivity index (χ1) is 15.4. The maximum atomic E-state index is 12.4. The van der Waals surface area contributed by atoms with Crippen LogP contribution in [0.4, 0.5) is 13.2 Å². The van der Waals surface area contributed by atoms with Crippen molar-refractivity contribution in [1.29, 1.82) is 0 Å². The van der Waals surface area contributed by atoms with E-state index in [0.717, 1.165) is 6.07 Å². The molecule has 2 aromatic carbocycles. The minimum atomic E-state index is -4.75. The van der Waals surface area contributed by atoms with Crippen molar-refractivity contribution in [3.8, 4) is 16.3 Å². The number of thiazole rings is 1. The predicted molar refractivity (Wildman–Crippen MR) is 116 cm³/mol. The Hall–Kier alpha value is -2.96. The van der Waals surface area contributed by atoms with Gasteiger partial charge >= 0.3 is 12.3 Å². The Kier molecular flexibility index (Phi) is 7.40. The SMILES string of the molecule is Cc1ccc(S(=O)(=O)NCCCc2csc(-c3ccc(OC(F)(F)F)cc3)n2)cc1C(=O)O. The number of aryl methyl sites for hydroxylation is 2. The molecule has 1 heterocycles. The largest absolute Gasteiger partial charge is 0.573 e. The number of halogens is 3. The standard InChI is InChI=1S/C21H19F3N2O5S2/c1-13-4-9-17(11-18(13)20(27)28)33(29,30)25-10-2-3-15-12-32-19(26-15)14-5-7-16(8-6-14)31-21(22,23)24/h4-9,11-12,25H,2-3,10H2,1H3,(H,27,28). The Labute approximate surface area is 191 Å². The summed E-state index contributed by atoms with van der Waals surface area (Å²) in [4.78, 5) is 15.5. The van der Waals surface area contributed by atoms with E-state index in [0.29, 0.717) is 34.7 Å². The fourth-order valence-corrected chi connectivity index (χ4v) is 4.87. The first-order valence-electron chi connectivity index (χ1n) is 9.59. The fraction of sp³-hybridized carbons (Fsp3) is 0.238. The Morgan fingerprint density at radius 3 is 2.52 bits per heavy atom. The van der Waals surface area contributed by atoms with E-state index in [1.54, 1.807) is 12.3 Å². The lowest BCUT2D eigenvalue weighted by Crippen LogP contribution is -2.25. The minimum absolute atomic E-state index is 0.0779. The third kappa shape index (κ3) is 6.76. The van der Waals surface area contributed by atoms with E-state index in [9.17, 15) is 26.4 Å². The zero-order chi connectivity index (χ0) is 24.2. The number of sulfonamides is 1. The summed E-state index contributed by atoms with van der Waals surface area (Å²) < 4.78 is 67.9. The van der Waals surface area contributed by atoms with Crippen molar-refractivity contribution in [1.82, 2.24) is 9.71 Å². The molecule has 12 heteroatoms. The predicted octanol–water partition coefficient (Wildman–Crippen LogP) is 4.63. The lowest BCUT2D eigenvalue weighted by Gasteiger charge is -2.09. The van der Waals surface area contributed by atoms with Gasteiger partial charge in [-0.1, -0.05) is 6.07 Å². The van der Waals surface area contributed by atoms with E-state index < -0.39 is 22.4 Å². The summed E-state index contributed by atoms with van der Waals surface area (Å²) in [6.45, 7) is 1.70. The van der Waals surface area contributed by atoms with Crippen LogP contribution in [-0.2, 0) is 16.4 Å². The van der Waals surface area contributed by atoms with Crippen LogP contribution in [0.3, 0.4) is 0 Å². The lowest BCUT2D eigenvalue weighted by atomic mass is 10.1. The highest BCUT2D eigenvalue weighted by atomic mass is 32.2. The van der Waals surface area contributed by atoms with Crippen LogP contribution in [0.1, 0.15) is 28.0 Å². The number of hydrogen-bond donors (Lipinski definition) is 2. The molecule has 0 aliphatic rings.